The van der Waals surface area contributed by atoms with Crippen molar-refractivity contribution in [1.82, 2.24) is 10.3 Å². The fourth-order valence-corrected chi connectivity index (χ4v) is 2.48. The number of aryl methyl sites for hydroxylation is 2. The minimum Gasteiger partial charge on any atom is -0.444 e. The van der Waals surface area contributed by atoms with E-state index in [1.54, 1.807) is 6.07 Å². The highest BCUT2D eigenvalue weighted by atomic mass is 127. The largest absolute Gasteiger partial charge is 0.444 e. The summed E-state index contributed by atoms with van der Waals surface area (Å²) in [6.07, 6.45) is 0. The number of hydrogen-bond donors (Lipinski definition) is 1. The SMILES string of the molecule is Cc1nc(CNC(=O)c2cc(Br)ccc2I)oc1C. The number of halogens is 2. The quantitative estimate of drug-likeness (QED) is 0.751. The zero-order valence-electron chi connectivity index (χ0n) is 10.5. The van der Waals surface area contributed by atoms with Gasteiger partial charge in [-0.15, -0.1) is 0 Å². The molecule has 0 atom stereocenters. The maximum absolute atomic E-state index is 12.1. The standard InChI is InChI=1S/C13H12BrIN2O2/c1-7-8(2)19-12(17-7)6-16-13(18)10-5-9(14)3-4-11(10)15/h3-5H,6H2,1-2H3,(H,16,18). The highest BCUT2D eigenvalue weighted by molar-refractivity contribution is 14.1. The van der Waals surface area contributed by atoms with E-state index in [2.05, 4.69) is 48.8 Å². The molecule has 0 radical (unpaired) electrons. The lowest BCUT2D eigenvalue weighted by Crippen LogP contribution is -2.23. The van der Waals surface area contributed by atoms with E-state index in [-0.39, 0.29) is 12.5 Å². The third-order valence-electron chi connectivity index (χ3n) is 2.65. The molecule has 0 fully saturated rings. The minimum absolute atomic E-state index is 0.140. The topological polar surface area (TPSA) is 55.1 Å². The number of nitrogens with zero attached hydrogens (tertiary/aromatic N) is 1. The summed E-state index contributed by atoms with van der Waals surface area (Å²) >= 11 is 5.49. The van der Waals surface area contributed by atoms with Crippen molar-refractivity contribution < 1.29 is 9.21 Å². The summed E-state index contributed by atoms with van der Waals surface area (Å²) in [5, 5.41) is 2.80. The summed E-state index contributed by atoms with van der Waals surface area (Å²) in [4.78, 5) is 16.3. The molecule has 0 aliphatic heterocycles. The van der Waals surface area contributed by atoms with E-state index < -0.39 is 0 Å². The first-order valence-corrected chi connectivity index (χ1v) is 7.50. The number of carbonyl (C=O) groups is 1. The van der Waals surface area contributed by atoms with Crippen molar-refractivity contribution in [3.63, 3.8) is 0 Å². The van der Waals surface area contributed by atoms with Crippen LogP contribution < -0.4 is 5.32 Å². The Morgan fingerprint density at radius 1 is 1.47 bits per heavy atom. The Bertz CT molecular complexity index is 606. The number of rotatable bonds is 3. The van der Waals surface area contributed by atoms with Gasteiger partial charge in [-0.1, -0.05) is 15.9 Å². The highest BCUT2D eigenvalue weighted by Gasteiger charge is 2.12. The molecule has 0 bridgehead atoms. The Balaban J connectivity index is 2.07. The summed E-state index contributed by atoms with van der Waals surface area (Å²) in [6.45, 7) is 4.02. The molecular weight excluding hydrogens is 423 g/mol. The van der Waals surface area contributed by atoms with Crippen LogP contribution in [-0.4, -0.2) is 10.9 Å². The normalized spacial score (nSPS) is 10.5. The second-order valence-corrected chi connectivity index (χ2v) is 6.13. The molecule has 1 aromatic heterocycles. The van der Waals surface area contributed by atoms with Crippen LogP contribution in [0.25, 0.3) is 0 Å². The number of nitrogens with one attached hydrogen (secondary N) is 1. The van der Waals surface area contributed by atoms with Crippen molar-refractivity contribution in [1.29, 1.82) is 0 Å². The number of carbonyl (C=O) groups excluding carboxylic acids is 1. The zero-order chi connectivity index (χ0) is 14.0. The van der Waals surface area contributed by atoms with Gasteiger partial charge in [0.25, 0.3) is 5.91 Å². The molecule has 19 heavy (non-hydrogen) atoms. The predicted molar refractivity (Wildman–Crippen MR) is 84.0 cm³/mol. The van der Waals surface area contributed by atoms with Gasteiger partial charge in [0.2, 0.25) is 5.89 Å². The van der Waals surface area contributed by atoms with E-state index >= 15 is 0 Å². The third-order valence-corrected chi connectivity index (χ3v) is 4.08. The van der Waals surface area contributed by atoms with Gasteiger partial charge in [-0.3, -0.25) is 4.79 Å². The van der Waals surface area contributed by atoms with Crippen LogP contribution in [0.4, 0.5) is 0 Å². The first-order valence-electron chi connectivity index (χ1n) is 5.63. The summed E-state index contributed by atoms with van der Waals surface area (Å²) in [5.41, 5.74) is 1.48. The van der Waals surface area contributed by atoms with Crippen LogP contribution in [0, 0.1) is 17.4 Å². The van der Waals surface area contributed by atoms with Gasteiger partial charge in [0.1, 0.15) is 5.76 Å². The smallest absolute Gasteiger partial charge is 0.252 e. The molecule has 100 valence electrons. The minimum atomic E-state index is -0.140. The van der Waals surface area contributed by atoms with E-state index in [0.717, 1.165) is 19.5 Å². The lowest BCUT2D eigenvalue weighted by atomic mass is 10.2. The maximum Gasteiger partial charge on any atom is 0.252 e. The van der Waals surface area contributed by atoms with Crippen LogP contribution >= 0.6 is 38.5 Å². The monoisotopic (exact) mass is 434 g/mol. The van der Waals surface area contributed by atoms with Crippen molar-refractivity contribution >= 4 is 44.4 Å². The molecule has 0 aliphatic rings. The predicted octanol–water partition coefficient (Wildman–Crippen LogP) is 3.59. The first-order chi connectivity index (χ1) is 8.97. The van der Waals surface area contributed by atoms with Crippen molar-refractivity contribution in [2.45, 2.75) is 20.4 Å². The molecule has 4 nitrogen and oxygen atoms in total. The van der Waals surface area contributed by atoms with E-state index in [9.17, 15) is 4.79 Å². The lowest BCUT2D eigenvalue weighted by Gasteiger charge is -2.05. The average molecular weight is 435 g/mol. The van der Waals surface area contributed by atoms with Gasteiger partial charge in [0.15, 0.2) is 0 Å². The van der Waals surface area contributed by atoms with Crippen LogP contribution in [0.5, 0.6) is 0 Å². The summed E-state index contributed by atoms with van der Waals surface area (Å²) in [6, 6.07) is 5.58. The lowest BCUT2D eigenvalue weighted by molar-refractivity contribution is 0.0946. The van der Waals surface area contributed by atoms with Crippen LogP contribution in [0.2, 0.25) is 0 Å². The Labute approximate surface area is 133 Å². The number of hydrogen-bond acceptors (Lipinski definition) is 3. The summed E-state index contributed by atoms with van der Waals surface area (Å²) in [7, 11) is 0. The molecule has 1 heterocycles. The third kappa shape index (κ3) is 3.56. The highest BCUT2D eigenvalue weighted by Crippen LogP contribution is 2.18. The van der Waals surface area contributed by atoms with Crippen molar-refractivity contribution in [2.24, 2.45) is 0 Å². The second-order valence-electron chi connectivity index (χ2n) is 4.06. The summed E-state index contributed by atoms with van der Waals surface area (Å²) in [5.74, 6) is 1.16. The van der Waals surface area contributed by atoms with Gasteiger partial charge in [0, 0.05) is 8.04 Å². The van der Waals surface area contributed by atoms with E-state index in [0.29, 0.717) is 11.5 Å². The van der Waals surface area contributed by atoms with Gasteiger partial charge >= 0.3 is 0 Å². The van der Waals surface area contributed by atoms with Gasteiger partial charge in [-0.25, -0.2) is 4.98 Å². The fraction of sp³-hybridized carbons (Fsp3) is 0.231. The van der Waals surface area contributed by atoms with Gasteiger partial charge in [-0.05, 0) is 54.6 Å². The average Bonchev–Trinajstić information content (AvgIpc) is 2.69. The number of benzene rings is 1. The Morgan fingerprint density at radius 2 is 2.21 bits per heavy atom. The van der Waals surface area contributed by atoms with E-state index in [4.69, 9.17) is 4.42 Å². The zero-order valence-corrected chi connectivity index (χ0v) is 14.2. The Hall–Kier alpha value is -0.890. The molecule has 1 amide bonds. The van der Waals surface area contributed by atoms with Crippen molar-refractivity contribution in [3.05, 3.63) is 49.2 Å². The molecule has 1 aromatic carbocycles. The number of aromatic nitrogens is 1. The number of oxazole rings is 1. The molecule has 0 spiro atoms. The van der Waals surface area contributed by atoms with Crippen molar-refractivity contribution in [3.8, 4) is 0 Å². The Morgan fingerprint density at radius 3 is 2.84 bits per heavy atom. The summed E-state index contributed by atoms with van der Waals surface area (Å²) < 4.78 is 7.19. The molecule has 0 saturated carbocycles. The molecule has 2 rings (SSSR count). The van der Waals surface area contributed by atoms with Crippen LogP contribution in [0.15, 0.2) is 27.1 Å². The van der Waals surface area contributed by atoms with E-state index in [1.807, 2.05) is 26.0 Å². The van der Waals surface area contributed by atoms with E-state index in [1.165, 1.54) is 0 Å². The van der Waals surface area contributed by atoms with Gasteiger partial charge < -0.3 is 9.73 Å². The van der Waals surface area contributed by atoms with Gasteiger partial charge in [0.05, 0.1) is 17.8 Å². The van der Waals surface area contributed by atoms with Crippen LogP contribution in [0.3, 0.4) is 0 Å². The molecule has 0 unspecified atom stereocenters. The van der Waals surface area contributed by atoms with Gasteiger partial charge in [-0.2, -0.15) is 0 Å². The molecular formula is C13H12BrIN2O2. The number of amides is 1. The maximum atomic E-state index is 12.1. The molecule has 0 saturated heterocycles. The first kappa shape index (κ1) is 14.5. The van der Waals surface area contributed by atoms with Crippen LogP contribution in [0.1, 0.15) is 27.7 Å². The molecule has 1 N–H and O–H groups in total. The Kier molecular flexibility index (Phi) is 4.62. The van der Waals surface area contributed by atoms with Crippen molar-refractivity contribution in [2.75, 3.05) is 0 Å². The van der Waals surface area contributed by atoms with Crippen LogP contribution in [-0.2, 0) is 6.54 Å². The fourth-order valence-electron chi connectivity index (χ4n) is 1.54. The molecule has 6 heteroatoms. The molecule has 2 aromatic rings. The molecule has 0 aliphatic carbocycles. The second kappa shape index (κ2) is 6.04.